The van der Waals surface area contributed by atoms with E-state index in [1.54, 1.807) is 0 Å². The lowest BCUT2D eigenvalue weighted by Crippen LogP contribution is -2.47. The van der Waals surface area contributed by atoms with Gasteiger partial charge in [-0.25, -0.2) is 4.57 Å². The second-order valence-electron chi connectivity index (χ2n) is 25.0. The average Bonchev–Trinajstić information content (AvgIpc) is 3.64. The van der Waals surface area contributed by atoms with Crippen molar-refractivity contribution in [2.45, 2.75) is 335 Å². The van der Waals surface area contributed by atoms with Gasteiger partial charge in [-0.1, -0.05) is 324 Å². The van der Waals surface area contributed by atoms with Gasteiger partial charge in [-0.2, -0.15) is 0 Å². The Morgan fingerprint density at radius 3 is 1.14 bits per heavy atom. The first-order chi connectivity index (χ1) is 40.9. The van der Waals surface area contributed by atoms with Gasteiger partial charge < -0.3 is 19.4 Å². The fraction of sp³-hybridized carbons (Fsp3) is 0.784. The van der Waals surface area contributed by atoms with Crippen LogP contribution in [0.15, 0.2) is 85.1 Å². The van der Waals surface area contributed by atoms with Crippen molar-refractivity contribution >= 4 is 19.7 Å². The molecule has 488 valence electrons. The Morgan fingerprint density at radius 1 is 0.429 bits per heavy atom. The molecule has 2 N–H and O–H groups in total. The lowest BCUT2D eigenvalue weighted by atomic mass is 10.0. The van der Waals surface area contributed by atoms with Crippen LogP contribution in [0.2, 0.25) is 0 Å². The van der Waals surface area contributed by atoms with Gasteiger partial charge in [0.2, 0.25) is 5.91 Å². The molecule has 0 radical (unpaired) electrons. The van der Waals surface area contributed by atoms with Gasteiger partial charge >= 0.3 is 13.8 Å². The lowest BCUT2D eigenvalue weighted by Gasteiger charge is -2.27. The molecule has 0 heterocycles. The van der Waals surface area contributed by atoms with Crippen molar-refractivity contribution < 1.29 is 37.3 Å². The molecule has 0 spiro atoms. The van der Waals surface area contributed by atoms with Crippen molar-refractivity contribution in [2.75, 3.05) is 40.9 Å². The molecular formula is C74H136N2O7P+. The Bertz CT molecular complexity index is 1710. The van der Waals surface area contributed by atoms with E-state index in [1.807, 2.05) is 39.4 Å². The van der Waals surface area contributed by atoms with Crippen LogP contribution in [0.5, 0.6) is 0 Å². The van der Waals surface area contributed by atoms with Crippen molar-refractivity contribution in [1.82, 2.24) is 5.32 Å². The number of likely N-dealkylation sites (N-methyl/N-ethyl adjacent to an activating group) is 1. The van der Waals surface area contributed by atoms with Gasteiger partial charge in [0, 0.05) is 12.8 Å². The smallest absolute Gasteiger partial charge is 0.456 e. The molecule has 0 aliphatic carbocycles. The molecule has 3 unspecified atom stereocenters. The highest BCUT2D eigenvalue weighted by molar-refractivity contribution is 7.47. The van der Waals surface area contributed by atoms with Crippen LogP contribution in [0.4, 0.5) is 0 Å². The topological polar surface area (TPSA) is 111 Å². The highest BCUT2D eigenvalue weighted by atomic mass is 31.2. The fourth-order valence-electron chi connectivity index (χ4n) is 10.2. The Kier molecular flexibility index (Phi) is 61.1. The standard InChI is InChI=1S/C74H135N2O7P/c1-7-10-13-16-19-22-25-28-30-32-34-35-36-37-38-39-40-41-43-45-47-49-52-55-58-61-64-67-74(78)83-72(65-62-59-56-53-50-27-24-21-18-15-12-9-3)71(70-82-84(79,80)81-69-68-76(4,5)6)75-73(77)66-63-60-57-54-51-48-46-44-42-33-31-29-26-23-20-17-14-11-8-2/h11,14,20,23,29,31,42,44,48,51,57,60,62,65,71-72H,7-10,12-13,15-19,21-22,24-28,30,32-41,43,45-47,49-50,52-56,58-59,61,63-64,66-70H2,1-6H3,(H-,75,77,79,80)/p+1/b14-11-,23-20-,31-29-,44-42-,51-48-,60-57-,65-62-. The number of phosphoric acid groups is 1. The number of unbranched alkanes of at least 4 members (excludes halogenated alkanes) is 36. The van der Waals surface area contributed by atoms with E-state index in [4.69, 9.17) is 13.8 Å². The third-order valence-corrected chi connectivity index (χ3v) is 16.6. The molecule has 0 aliphatic heterocycles. The Hall–Kier alpha value is -2.81. The van der Waals surface area contributed by atoms with Crippen LogP contribution in [0.25, 0.3) is 0 Å². The van der Waals surface area contributed by atoms with Crippen molar-refractivity contribution in [3.05, 3.63) is 85.1 Å². The van der Waals surface area contributed by atoms with Crippen LogP contribution in [0, 0.1) is 0 Å². The molecule has 0 aliphatic rings. The summed E-state index contributed by atoms with van der Waals surface area (Å²) in [6, 6.07) is -0.892. The number of carbonyl (C=O) groups is 2. The van der Waals surface area contributed by atoms with E-state index in [1.165, 1.54) is 205 Å². The van der Waals surface area contributed by atoms with Gasteiger partial charge in [0.25, 0.3) is 0 Å². The molecule has 0 rings (SSSR count). The summed E-state index contributed by atoms with van der Waals surface area (Å²) in [7, 11) is 1.45. The van der Waals surface area contributed by atoms with Crippen LogP contribution >= 0.6 is 7.82 Å². The third-order valence-electron chi connectivity index (χ3n) is 15.6. The highest BCUT2D eigenvalue weighted by Crippen LogP contribution is 2.43. The predicted octanol–water partition coefficient (Wildman–Crippen LogP) is 22.5. The zero-order valence-corrected chi connectivity index (χ0v) is 56.8. The number of carbonyl (C=O) groups excluding carboxylic acids is 2. The number of esters is 1. The van der Waals surface area contributed by atoms with Crippen molar-refractivity contribution in [3.8, 4) is 0 Å². The van der Waals surface area contributed by atoms with Crippen LogP contribution < -0.4 is 5.32 Å². The zero-order chi connectivity index (χ0) is 61.4. The van der Waals surface area contributed by atoms with Crippen LogP contribution in [-0.4, -0.2) is 74.3 Å². The van der Waals surface area contributed by atoms with E-state index in [0.717, 1.165) is 77.0 Å². The van der Waals surface area contributed by atoms with E-state index in [0.29, 0.717) is 17.4 Å². The van der Waals surface area contributed by atoms with Crippen molar-refractivity contribution in [2.24, 2.45) is 0 Å². The summed E-state index contributed by atoms with van der Waals surface area (Å²) in [5, 5.41) is 3.02. The first-order valence-corrected chi connectivity index (χ1v) is 36.9. The summed E-state index contributed by atoms with van der Waals surface area (Å²) < 4.78 is 30.7. The SMILES string of the molecule is CC/C=C\C/C=C\C/C=C\C/C=C\C/C=C\C/C=C\CCC(=O)NC(COP(=O)(O)OCC[N+](C)(C)C)C(/C=C\CCCCCCCCCCCC)OC(=O)CCCCCCCCCCCCCCCCCCCCCCCCCCCCC. The lowest BCUT2D eigenvalue weighted by molar-refractivity contribution is -0.870. The molecule has 0 aromatic rings. The summed E-state index contributed by atoms with van der Waals surface area (Å²) in [6.45, 7) is 6.87. The molecule has 1 amide bonds. The van der Waals surface area contributed by atoms with E-state index in [2.05, 4.69) is 92.9 Å². The number of hydrogen-bond donors (Lipinski definition) is 2. The first-order valence-electron chi connectivity index (χ1n) is 35.4. The number of quaternary nitrogens is 1. The number of rotatable bonds is 64. The summed E-state index contributed by atoms with van der Waals surface area (Å²) in [6.07, 6.45) is 84.9. The molecule has 0 saturated carbocycles. The maximum absolute atomic E-state index is 13.5. The molecule has 0 aromatic heterocycles. The number of hydrogen-bond acceptors (Lipinski definition) is 6. The molecule has 0 aromatic carbocycles. The second-order valence-corrected chi connectivity index (χ2v) is 26.5. The van der Waals surface area contributed by atoms with E-state index in [-0.39, 0.29) is 37.9 Å². The summed E-state index contributed by atoms with van der Waals surface area (Å²) in [4.78, 5) is 37.8. The minimum absolute atomic E-state index is 0.0249. The maximum atomic E-state index is 13.5. The molecule has 0 bridgehead atoms. The van der Waals surface area contributed by atoms with Gasteiger partial charge in [0.05, 0.1) is 33.8 Å². The monoisotopic (exact) mass is 1200 g/mol. The summed E-state index contributed by atoms with van der Waals surface area (Å²) in [5.41, 5.74) is 0. The van der Waals surface area contributed by atoms with Crippen molar-refractivity contribution in [1.29, 1.82) is 0 Å². The minimum atomic E-state index is -4.48. The first kappa shape index (κ1) is 81.2. The number of nitrogens with one attached hydrogen (secondary N) is 1. The highest BCUT2D eigenvalue weighted by Gasteiger charge is 2.30. The molecule has 0 fully saturated rings. The molecular weight excluding hydrogens is 1060 g/mol. The third kappa shape index (κ3) is 63.7. The molecule has 3 atom stereocenters. The number of allylic oxidation sites excluding steroid dienone is 13. The van der Waals surface area contributed by atoms with Crippen LogP contribution in [-0.2, 0) is 27.9 Å². The van der Waals surface area contributed by atoms with Gasteiger partial charge in [0.1, 0.15) is 19.3 Å². The van der Waals surface area contributed by atoms with E-state index >= 15 is 0 Å². The molecule has 84 heavy (non-hydrogen) atoms. The van der Waals surface area contributed by atoms with E-state index < -0.39 is 20.0 Å². The van der Waals surface area contributed by atoms with Gasteiger partial charge in [0.15, 0.2) is 0 Å². The molecule has 9 nitrogen and oxygen atoms in total. The minimum Gasteiger partial charge on any atom is -0.456 e. The van der Waals surface area contributed by atoms with E-state index in [9.17, 15) is 19.0 Å². The number of nitrogens with zero attached hydrogens (tertiary/aromatic N) is 1. The Labute approximate surface area is 520 Å². The summed E-state index contributed by atoms with van der Waals surface area (Å²) >= 11 is 0. The quantitative estimate of drug-likeness (QED) is 0.0205. The Balaban J connectivity index is 5.09. The van der Waals surface area contributed by atoms with Gasteiger partial charge in [-0.05, 0) is 70.3 Å². The molecule has 0 saturated heterocycles. The number of amides is 1. The Morgan fingerprint density at radius 2 is 0.774 bits per heavy atom. The van der Waals surface area contributed by atoms with Gasteiger partial charge in [-0.3, -0.25) is 18.6 Å². The number of ether oxygens (including phenoxy) is 1. The molecule has 10 heteroatoms. The second kappa shape index (κ2) is 63.2. The van der Waals surface area contributed by atoms with Gasteiger partial charge in [-0.15, -0.1) is 0 Å². The summed E-state index contributed by atoms with van der Waals surface area (Å²) in [5.74, 6) is -0.594. The number of phosphoric ester groups is 1. The van der Waals surface area contributed by atoms with Crippen LogP contribution in [0.3, 0.4) is 0 Å². The normalized spacial score (nSPS) is 14.0. The average molecular weight is 1200 g/mol. The fourth-order valence-corrected chi connectivity index (χ4v) is 10.9. The van der Waals surface area contributed by atoms with Crippen LogP contribution in [0.1, 0.15) is 323 Å². The zero-order valence-electron chi connectivity index (χ0n) is 55.9. The van der Waals surface area contributed by atoms with Crippen molar-refractivity contribution in [3.63, 3.8) is 0 Å². The largest absolute Gasteiger partial charge is 0.472 e. The predicted molar refractivity (Wildman–Crippen MR) is 364 cm³/mol. The maximum Gasteiger partial charge on any atom is 0.472 e.